The van der Waals surface area contributed by atoms with E-state index in [0.717, 1.165) is 0 Å². The molecule has 1 aromatic rings. The van der Waals surface area contributed by atoms with Crippen LogP contribution in [0, 0.1) is 0 Å². The first kappa shape index (κ1) is 9.88. The first-order valence-corrected chi connectivity index (χ1v) is 5.57. The lowest BCUT2D eigenvalue weighted by Gasteiger charge is -2.00. The highest BCUT2D eigenvalue weighted by Crippen LogP contribution is 2.25. The van der Waals surface area contributed by atoms with E-state index in [0.29, 0.717) is 4.47 Å². The Hall–Kier alpha value is -0.200. The van der Waals surface area contributed by atoms with Crippen molar-refractivity contribution >= 4 is 44.1 Å². The molecule has 1 heterocycles. The summed E-state index contributed by atoms with van der Waals surface area (Å²) in [5.74, 6) is 0.195. The molecule has 0 aliphatic heterocycles. The lowest BCUT2D eigenvalue weighted by molar-refractivity contribution is 0.679. The summed E-state index contributed by atoms with van der Waals surface area (Å²) in [6.45, 7) is 0. The third-order valence-corrected chi connectivity index (χ3v) is 3.05. The van der Waals surface area contributed by atoms with Crippen LogP contribution in [0.1, 0.15) is 0 Å². The molecule has 12 heavy (non-hydrogen) atoms. The molecule has 66 valence electrons. The molecule has 0 saturated carbocycles. The van der Waals surface area contributed by atoms with Crippen molar-refractivity contribution < 1.29 is 4.21 Å². The average molecular weight is 271 g/mol. The molecule has 0 bridgehead atoms. The van der Waals surface area contributed by atoms with Crippen LogP contribution in [-0.4, -0.2) is 20.4 Å². The van der Waals surface area contributed by atoms with Crippen LogP contribution in [0.3, 0.4) is 0 Å². The minimum absolute atomic E-state index is 0.140. The molecule has 0 unspecified atom stereocenters. The summed E-state index contributed by atoms with van der Waals surface area (Å²) < 4.78 is 11.3. The average Bonchev–Trinajstić information content (AvgIpc) is 1.99. The van der Waals surface area contributed by atoms with Crippen LogP contribution in [0.2, 0.25) is 5.15 Å². The Kier molecular flexibility index (Phi) is 3.03. The van der Waals surface area contributed by atoms with Gasteiger partial charge in [0, 0.05) is 6.26 Å². The number of halogens is 2. The van der Waals surface area contributed by atoms with Gasteiger partial charge in [-0.15, -0.1) is 0 Å². The monoisotopic (exact) mass is 269 g/mol. The van der Waals surface area contributed by atoms with Crippen LogP contribution in [0.4, 0.5) is 5.82 Å². The third kappa shape index (κ3) is 1.94. The highest BCUT2D eigenvalue weighted by Gasteiger charge is 2.09. The van der Waals surface area contributed by atoms with Gasteiger partial charge in [0.1, 0.15) is 11.0 Å². The van der Waals surface area contributed by atoms with Gasteiger partial charge in [0.05, 0.1) is 15.3 Å². The quantitative estimate of drug-likeness (QED) is 0.615. The number of aromatic nitrogens is 2. The zero-order valence-corrected chi connectivity index (χ0v) is 9.20. The molecule has 0 aromatic carbocycles. The van der Waals surface area contributed by atoms with Crippen molar-refractivity contribution in [3.63, 3.8) is 0 Å². The molecule has 1 rings (SSSR count). The molecule has 0 radical (unpaired) electrons. The van der Waals surface area contributed by atoms with Gasteiger partial charge in [0.15, 0.2) is 0 Å². The Balaban J connectivity index is 3.31. The van der Waals surface area contributed by atoms with Gasteiger partial charge < -0.3 is 5.73 Å². The Morgan fingerprint density at radius 1 is 1.58 bits per heavy atom. The van der Waals surface area contributed by atoms with Crippen LogP contribution in [0.15, 0.2) is 9.63 Å². The molecule has 0 aliphatic rings. The third-order valence-electron chi connectivity index (χ3n) is 1.07. The predicted octanol–water partition coefficient (Wildman–Crippen LogP) is 1.21. The van der Waals surface area contributed by atoms with Gasteiger partial charge in [-0.3, -0.25) is 4.21 Å². The van der Waals surface area contributed by atoms with Gasteiger partial charge >= 0.3 is 0 Å². The molecular weight excluding hydrogens is 265 g/mol. The standard InChI is InChI=1S/C5H5BrClN3OS/c1-12(11)5-9-3(7)2(6)4(8)10-5/h1H3,(H2,8,9,10)/t12-/m0/s1. The van der Waals surface area contributed by atoms with Crippen molar-refractivity contribution in [2.24, 2.45) is 0 Å². The maximum atomic E-state index is 10.9. The van der Waals surface area contributed by atoms with Crippen molar-refractivity contribution in [2.75, 3.05) is 12.0 Å². The SMILES string of the molecule is C[S@](=O)c1nc(N)c(Br)c(Cl)n1. The number of rotatable bonds is 1. The molecule has 7 heteroatoms. The van der Waals surface area contributed by atoms with Crippen LogP contribution >= 0.6 is 27.5 Å². The second kappa shape index (κ2) is 3.68. The summed E-state index contributed by atoms with van der Waals surface area (Å²) in [5.41, 5.74) is 5.44. The second-order valence-electron chi connectivity index (χ2n) is 1.95. The number of nitrogens with two attached hydrogens (primary N) is 1. The Bertz CT molecular complexity index is 322. The van der Waals surface area contributed by atoms with E-state index >= 15 is 0 Å². The van der Waals surface area contributed by atoms with Crippen LogP contribution in [0.25, 0.3) is 0 Å². The topological polar surface area (TPSA) is 68.9 Å². The molecule has 1 atom stereocenters. The van der Waals surface area contributed by atoms with Crippen molar-refractivity contribution in [3.05, 3.63) is 9.63 Å². The van der Waals surface area contributed by atoms with E-state index in [9.17, 15) is 4.21 Å². The van der Waals surface area contributed by atoms with E-state index in [1.165, 1.54) is 6.26 Å². The molecule has 0 fully saturated rings. The van der Waals surface area contributed by atoms with Crippen LogP contribution in [0.5, 0.6) is 0 Å². The van der Waals surface area contributed by atoms with Crippen molar-refractivity contribution in [1.29, 1.82) is 0 Å². The highest BCUT2D eigenvalue weighted by atomic mass is 79.9. The van der Waals surface area contributed by atoms with Crippen molar-refractivity contribution in [3.8, 4) is 0 Å². The predicted molar refractivity (Wildman–Crippen MR) is 51.5 cm³/mol. The molecule has 0 spiro atoms. The normalized spacial score (nSPS) is 12.9. The van der Waals surface area contributed by atoms with Gasteiger partial charge in [-0.25, -0.2) is 9.97 Å². The fourth-order valence-corrected chi connectivity index (χ4v) is 1.40. The van der Waals surface area contributed by atoms with Crippen LogP contribution in [-0.2, 0) is 10.8 Å². The fraction of sp³-hybridized carbons (Fsp3) is 0.200. The van der Waals surface area contributed by atoms with Crippen molar-refractivity contribution in [1.82, 2.24) is 9.97 Å². The molecule has 2 N–H and O–H groups in total. The lowest BCUT2D eigenvalue weighted by Crippen LogP contribution is -2.02. The smallest absolute Gasteiger partial charge is 0.221 e. The zero-order valence-electron chi connectivity index (χ0n) is 6.04. The lowest BCUT2D eigenvalue weighted by atomic mass is 10.6. The summed E-state index contributed by atoms with van der Waals surface area (Å²) in [7, 11) is -1.27. The minimum Gasteiger partial charge on any atom is -0.383 e. The summed E-state index contributed by atoms with van der Waals surface area (Å²) in [6.07, 6.45) is 1.46. The van der Waals surface area contributed by atoms with E-state index in [4.69, 9.17) is 17.3 Å². The zero-order chi connectivity index (χ0) is 9.30. The number of nitrogen functional groups attached to an aromatic ring is 1. The maximum absolute atomic E-state index is 10.9. The minimum atomic E-state index is -1.27. The van der Waals surface area contributed by atoms with E-state index in [-0.39, 0.29) is 16.1 Å². The van der Waals surface area contributed by atoms with Gasteiger partial charge in [0.25, 0.3) is 0 Å². The van der Waals surface area contributed by atoms with E-state index in [2.05, 4.69) is 25.9 Å². The first-order valence-electron chi connectivity index (χ1n) is 2.84. The summed E-state index contributed by atoms with van der Waals surface area (Å²) >= 11 is 8.73. The Morgan fingerprint density at radius 2 is 2.17 bits per heavy atom. The van der Waals surface area contributed by atoms with Gasteiger partial charge in [0.2, 0.25) is 5.16 Å². The largest absolute Gasteiger partial charge is 0.383 e. The molecule has 0 amide bonds. The molecule has 0 aliphatic carbocycles. The molecule has 4 nitrogen and oxygen atoms in total. The van der Waals surface area contributed by atoms with E-state index in [1.807, 2.05) is 0 Å². The fourth-order valence-electron chi connectivity index (χ4n) is 0.544. The molecular formula is C5H5BrClN3OS. The number of anilines is 1. The summed E-state index contributed by atoms with van der Waals surface area (Å²) in [4.78, 5) is 7.53. The Labute approximate surface area is 85.1 Å². The number of hydrogen-bond acceptors (Lipinski definition) is 4. The van der Waals surface area contributed by atoms with E-state index in [1.54, 1.807) is 0 Å². The molecule has 1 aromatic heterocycles. The van der Waals surface area contributed by atoms with Gasteiger partial charge in [-0.05, 0) is 15.9 Å². The van der Waals surface area contributed by atoms with Crippen molar-refractivity contribution in [2.45, 2.75) is 5.16 Å². The van der Waals surface area contributed by atoms with Gasteiger partial charge in [-0.2, -0.15) is 0 Å². The van der Waals surface area contributed by atoms with Gasteiger partial charge in [-0.1, -0.05) is 11.6 Å². The second-order valence-corrected chi connectivity index (χ2v) is 4.37. The summed E-state index contributed by atoms with van der Waals surface area (Å²) in [5, 5.41) is 0.313. The maximum Gasteiger partial charge on any atom is 0.221 e. The number of nitrogens with zero attached hydrogens (tertiary/aromatic N) is 2. The Morgan fingerprint density at radius 3 is 2.58 bits per heavy atom. The van der Waals surface area contributed by atoms with E-state index < -0.39 is 10.8 Å². The van der Waals surface area contributed by atoms with Crippen LogP contribution < -0.4 is 5.73 Å². The first-order chi connectivity index (χ1) is 5.52. The molecule has 0 saturated heterocycles. The highest BCUT2D eigenvalue weighted by molar-refractivity contribution is 9.10. The summed E-state index contributed by atoms with van der Waals surface area (Å²) in [6, 6.07) is 0. The number of hydrogen-bond donors (Lipinski definition) is 1.